The fourth-order valence-corrected chi connectivity index (χ4v) is 7.57. The van der Waals surface area contributed by atoms with Crippen LogP contribution in [0.25, 0.3) is 0 Å². The van der Waals surface area contributed by atoms with Crippen LogP contribution in [0, 0.1) is 23.7 Å². The third-order valence-electron chi connectivity index (χ3n) is 10.8. The Hall–Kier alpha value is -3.06. The van der Waals surface area contributed by atoms with Crippen LogP contribution in [0.5, 0.6) is 0 Å². The van der Waals surface area contributed by atoms with E-state index in [0.29, 0.717) is 18.5 Å². The molecule has 0 aromatic heterocycles. The van der Waals surface area contributed by atoms with Crippen molar-refractivity contribution in [3.63, 3.8) is 0 Å². The van der Waals surface area contributed by atoms with Gasteiger partial charge in [-0.3, -0.25) is 24.1 Å². The highest BCUT2D eigenvalue weighted by molar-refractivity contribution is 5.90. The molecule has 0 aliphatic heterocycles. The summed E-state index contributed by atoms with van der Waals surface area (Å²) in [4.78, 5) is 60.7. The number of benzene rings is 1. The first-order valence-corrected chi connectivity index (χ1v) is 19.5. The quantitative estimate of drug-likeness (QED) is 0.149. The summed E-state index contributed by atoms with van der Waals surface area (Å²) in [7, 11) is 8.54. The number of aliphatic hydroxyl groups excluding tert-OH is 1. The van der Waals surface area contributed by atoms with Crippen molar-refractivity contribution in [1.82, 2.24) is 25.3 Å². The molecule has 0 aliphatic rings. The number of likely N-dealkylation sites (N-methyl/N-ethyl adjacent to an activating group) is 3. The van der Waals surface area contributed by atoms with Crippen molar-refractivity contribution in [1.29, 1.82) is 0 Å². The first-order chi connectivity index (χ1) is 24.8. The van der Waals surface area contributed by atoms with E-state index in [9.17, 15) is 24.3 Å². The van der Waals surface area contributed by atoms with Crippen molar-refractivity contribution < 1.29 is 33.8 Å². The first-order valence-electron chi connectivity index (χ1n) is 19.5. The lowest BCUT2D eigenvalue weighted by Crippen LogP contribution is -2.60. The number of amides is 4. The van der Waals surface area contributed by atoms with Gasteiger partial charge in [-0.05, 0) is 57.7 Å². The Bertz CT molecular complexity index is 1250. The molecule has 0 radical (unpaired) electrons. The molecular formula is C41H73N5O7. The number of nitrogens with zero attached hydrogens (tertiary/aromatic N) is 3. The third-order valence-corrected chi connectivity index (χ3v) is 10.8. The Morgan fingerprint density at radius 1 is 0.792 bits per heavy atom. The number of nitrogens with one attached hydrogen (secondary N) is 2. The topological polar surface area (TPSA) is 141 Å². The lowest BCUT2D eigenvalue weighted by molar-refractivity contribution is -0.149. The minimum atomic E-state index is -0.888. The van der Waals surface area contributed by atoms with Crippen LogP contribution in [-0.4, -0.2) is 128 Å². The lowest BCUT2D eigenvalue weighted by atomic mass is 9.89. The highest BCUT2D eigenvalue weighted by Gasteiger charge is 2.41. The van der Waals surface area contributed by atoms with Gasteiger partial charge in [-0.1, -0.05) is 92.1 Å². The number of aliphatic hydroxyl groups is 1. The summed E-state index contributed by atoms with van der Waals surface area (Å²) in [6.45, 7) is 19.6. The molecule has 0 spiro atoms. The Morgan fingerprint density at radius 3 is 1.81 bits per heavy atom. The van der Waals surface area contributed by atoms with Crippen LogP contribution in [0.3, 0.4) is 0 Å². The first kappa shape index (κ1) is 48.0. The van der Waals surface area contributed by atoms with Gasteiger partial charge in [-0.25, -0.2) is 0 Å². The number of hydrogen-bond acceptors (Lipinski definition) is 8. The van der Waals surface area contributed by atoms with Gasteiger partial charge in [0.25, 0.3) is 0 Å². The Balaban J connectivity index is 3.31. The summed E-state index contributed by atoms with van der Waals surface area (Å²) < 4.78 is 12.0. The van der Waals surface area contributed by atoms with Gasteiger partial charge in [-0.2, -0.15) is 0 Å². The van der Waals surface area contributed by atoms with Crippen LogP contribution in [0.15, 0.2) is 30.3 Å². The normalized spacial score (nSPS) is 17.6. The zero-order valence-electron chi connectivity index (χ0n) is 35.4. The van der Waals surface area contributed by atoms with E-state index < -0.39 is 54.4 Å². The minimum absolute atomic E-state index is 0.000459. The second-order valence-electron chi connectivity index (χ2n) is 15.5. The summed E-state index contributed by atoms with van der Waals surface area (Å²) in [5.74, 6) is -1.71. The number of hydrogen-bond donors (Lipinski definition) is 3. The third kappa shape index (κ3) is 13.0. The maximum absolute atomic E-state index is 14.3. The second kappa shape index (κ2) is 23.0. The Labute approximate surface area is 320 Å². The van der Waals surface area contributed by atoms with Crippen molar-refractivity contribution in [2.75, 3.05) is 41.9 Å². The van der Waals surface area contributed by atoms with E-state index in [1.54, 1.807) is 44.9 Å². The van der Waals surface area contributed by atoms with Gasteiger partial charge in [-0.15, -0.1) is 0 Å². The van der Waals surface area contributed by atoms with Gasteiger partial charge < -0.3 is 35.0 Å². The molecule has 4 amide bonds. The molecule has 0 heterocycles. The summed E-state index contributed by atoms with van der Waals surface area (Å²) in [6, 6.07) is 6.56. The molecule has 304 valence electrons. The summed E-state index contributed by atoms with van der Waals surface area (Å²) in [5.41, 5.74) is 0.703. The summed E-state index contributed by atoms with van der Waals surface area (Å²) >= 11 is 0. The fourth-order valence-electron chi connectivity index (χ4n) is 7.57. The number of ether oxygens (including phenoxy) is 2. The number of rotatable bonds is 23. The van der Waals surface area contributed by atoms with E-state index in [-0.39, 0.29) is 47.8 Å². The van der Waals surface area contributed by atoms with Gasteiger partial charge in [0, 0.05) is 27.8 Å². The van der Waals surface area contributed by atoms with Crippen LogP contribution < -0.4 is 10.6 Å². The van der Waals surface area contributed by atoms with E-state index in [2.05, 4.69) is 10.6 Å². The van der Waals surface area contributed by atoms with Crippen molar-refractivity contribution in [3.05, 3.63) is 35.9 Å². The van der Waals surface area contributed by atoms with Crippen LogP contribution in [0.2, 0.25) is 0 Å². The number of methoxy groups -OCH3 is 2. The van der Waals surface area contributed by atoms with E-state index in [1.165, 1.54) is 0 Å². The smallest absolute Gasteiger partial charge is 0.245 e. The summed E-state index contributed by atoms with van der Waals surface area (Å²) in [6.07, 6.45) is -0.903. The molecule has 12 heteroatoms. The molecule has 1 aromatic carbocycles. The van der Waals surface area contributed by atoms with Gasteiger partial charge in [0.05, 0.1) is 54.8 Å². The van der Waals surface area contributed by atoms with Crippen molar-refractivity contribution in [2.45, 2.75) is 137 Å². The zero-order valence-corrected chi connectivity index (χ0v) is 35.4. The molecule has 53 heavy (non-hydrogen) atoms. The molecule has 0 saturated heterocycles. The van der Waals surface area contributed by atoms with Gasteiger partial charge in [0.15, 0.2) is 0 Å². The molecule has 0 aliphatic carbocycles. The van der Waals surface area contributed by atoms with E-state index >= 15 is 0 Å². The minimum Gasteiger partial charge on any atom is -0.386 e. The number of carbonyl (C=O) groups excluding carboxylic acids is 4. The molecule has 3 N–H and O–H groups in total. The van der Waals surface area contributed by atoms with Crippen LogP contribution >= 0.6 is 0 Å². The standard InChI is InChI=1S/C41H73N5O7/c1-16-27(8)36(45(13)41(51)34(25(4)5)43-40(50)35(26(6)7)44(11)12)32(52-14)24-33(47)46(18-3)31(17-2)38(53-15)28(9)39(49)42-29(10)37(48)30-22-20-19-21-23-30/h19-23,25-29,31-32,34-38,48H,16-18,24H2,1-15H3,(H,42,49)(H,43,50)/t27-,28+,29+,31-,32+,34-,35-,36-,37+,38+/m0/s1. The average Bonchev–Trinajstić information content (AvgIpc) is 3.12. The molecule has 0 fully saturated rings. The SMILES string of the molecule is CC[C@H](C)[C@@H]([C@@H](CC(=O)N(CC)[C@@H](CC)[C@H](OC)[C@@H](C)C(=O)N[C@H](C)[C@@H](O)c1ccccc1)OC)N(C)C(=O)[C@@H](NC(=O)[C@H](C(C)C)N(C)C)C(C)C. The largest absolute Gasteiger partial charge is 0.386 e. The van der Waals surface area contributed by atoms with Gasteiger partial charge in [0.1, 0.15) is 6.04 Å². The van der Waals surface area contributed by atoms with Gasteiger partial charge in [0.2, 0.25) is 23.6 Å². The molecule has 12 nitrogen and oxygen atoms in total. The number of carbonyl (C=O) groups is 4. The molecule has 10 atom stereocenters. The average molecular weight is 748 g/mol. The highest BCUT2D eigenvalue weighted by atomic mass is 16.5. The fraction of sp³-hybridized carbons (Fsp3) is 0.756. The van der Waals surface area contributed by atoms with E-state index in [1.807, 2.05) is 105 Å². The monoisotopic (exact) mass is 748 g/mol. The van der Waals surface area contributed by atoms with Crippen molar-refractivity contribution in [3.8, 4) is 0 Å². The van der Waals surface area contributed by atoms with Crippen molar-refractivity contribution in [2.24, 2.45) is 23.7 Å². The molecule has 1 rings (SSSR count). The molecule has 1 aromatic rings. The Kier molecular flexibility index (Phi) is 20.8. The predicted octanol–water partition coefficient (Wildman–Crippen LogP) is 4.51. The highest BCUT2D eigenvalue weighted by Crippen LogP contribution is 2.27. The second-order valence-corrected chi connectivity index (χ2v) is 15.5. The molecule has 0 saturated carbocycles. The predicted molar refractivity (Wildman–Crippen MR) is 211 cm³/mol. The zero-order chi connectivity index (χ0) is 40.7. The van der Waals surface area contributed by atoms with Crippen LogP contribution in [0.4, 0.5) is 0 Å². The van der Waals surface area contributed by atoms with Crippen LogP contribution in [-0.2, 0) is 28.7 Å². The van der Waals surface area contributed by atoms with Crippen LogP contribution in [0.1, 0.15) is 100 Å². The maximum Gasteiger partial charge on any atom is 0.245 e. The maximum atomic E-state index is 14.3. The molecule has 0 bridgehead atoms. The van der Waals surface area contributed by atoms with E-state index in [4.69, 9.17) is 9.47 Å². The van der Waals surface area contributed by atoms with Gasteiger partial charge >= 0.3 is 0 Å². The van der Waals surface area contributed by atoms with Crippen molar-refractivity contribution >= 4 is 23.6 Å². The lowest BCUT2D eigenvalue weighted by Gasteiger charge is -2.42. The summed E-state index contributed by atoms with van der Waals surface area (Å²) in [5, 5.41) is 16.8. The molecule has 0 unspecified atom stereocenters. The Morgan fingerprint density at radius 2 is 1.38 bits per heavy atom. The van der Waals surface area contributed by atoms with E-state index in [0.717, 1.165) is 6.42 Å². The molecular weight excluding hydrogens is 674 g/mol.